The Labute approximate surface area is 169 Å². The number of nitrogens with zero attached hydrogens (tertiary/aromatic N) is 3. The first-order valence-electron chi connectivity index (χ1n) is 8.39. The Morgan fingerprint density at radius 2 is 2.15 bits per heavy atom. The van der Waals surface area contributed by atoms with E-state index in [1.807, 2.05) is 23.7 Å². The second-order valence-corrected chi connectivity index (χ2v) is 8.26. The lowest BCUT2D eigenvalue weighted by Gasteiger charge is -2.26. The maximum atomic E-state index is 12.8. The lowest BCUT2D eigenvalue weighted by atomic mass is 10.2. The van der Waals surface area contributed by atoms with Crippen molar-refractivity contribution in [3.8, 4) is 0 Å². The van der Waals surface area contributed by atoms with Gasteiger partial charge in [-0.25, -0.2) is 0 Å². The van der Waals surface area contributed by atoms with E-state index >= 15 is 0 Å². The van der Waals surface area contributed by atoms with Gasteiger partial charge in [0.1, 0.15) is 4.83 Å². The third-order valence-corrected chi connectivity index (χ3v) is 6.20. The number of nitrogens with one attached hydrogen (secondary N) is 1. The summed E-state index contributed by atoms with van der Waals surface area (Å²) < 4.78 is 1.85. The molecule has 2 aromatic heterocycles. The van der Waals surface area contributed by atoms with Gasteiger partial charge in [0.05, 0.1) is 23.7 Å². The molecule has 0 spiro atoms. The molecule has 0 bridgehead atoms. The van der Waals surface area contributed by atoms with Crippen molar-refractivity contribution < 1.29 is 9.59 Å². The third-order valence-electron chi connectivity index (χ3n) is 4.48. The van der Waals surface area contributed by atoms with Crippen molar-refractivity contribution in [3.05, 3.63) is 50.4 Å². The van der Waals surface area contributed by atoms with Gasteiger partial charge in [-0.15, -0.1) is 11.3 Å². The largest absolute Gasteiger partial charge is 0.353 e. The normalized spacial score (nSPS) is 14.6. The number of amides is 2. The van der Waals surface area contributed by atoms with Gasteiger partial charge in [0.25, 0.3) is 5.91 Å². The fourth-order valence-electron chi connectivity index (χ4n) is 3.10. The van der Waals surface area contributed by atoms with Crippen LogP contribution in [0.5, 0.6) is 0 Å². The quantitative estimate of drug-likeness (QED) is 0.703. The highest BCUT2D eigenvalue weighted by molar-refractivity contribution is 7.20. The highest BCUT2D eigenvalue weighted by Crippen LogP contribution is 2.31. The average Bonchev–Trinajstić information content (AvgIpc) is 3.18. The van der Waals surface area contributed by atoms with Crippen molar-refractivity contribution in [1.29, 1.82) is 0 Å². The molecule has 1 fully saturated rings. The van der Waals surface area contributed by atoms with Crippen molar-refractivity contribution in [3.63, 3.8) is 0 Å². The molecule has 2 amide bonds. The van der Waals surface area contributed by atoms with Gasteiger partial charge in [-0.2, -0.15) is 5.10 Å². The van der Waals surface area contributed by atoms with Crippen LogP contribution in [0.15, 0.2) is 24.3 Å². The number of fused-ring (bicyclic) bond motifs is 1. The zero-order valence-electron chi connectivity index (χ0n) is 14.5. The number of rotatable bonds is 3. The van der Waals surface area contributed by atoms with Crippen LogP contribution in [-0.4, -0.2) is 46.1 Å². The Bertz CT molecular complexity index is 1060. The van der Waals surface area contributed by atoms with Crippen molar-refractivity contribution in [2.45, 2.75) is 13.5 Å². The molecule has 140 valence electrons. The SMILES string of the molecule is Cc1nn(Cc2ccc(Cl)cc2Cl)c2sc(C(=O)N3CCNC(=O)C3)cc12. The molecule has 27 heavy (non-hydrogen) atoms. The number of hydrogen-bond acceptors (Lipinski definition) is 4. The van der Waals surface area contributed by atoms with Crippen LogP contribution < -0.4 is 5.32 Å². The molecular weight excluding hydrogens is 407 g/mol. The second-order valence-electron chi connectivity index (χ2n) is 6.38. The zero-order valence-corrected chi connectivity index (χ0v) is 16.8. The summed E-state index contributed by atoms with van der Waals surface area (Å²) in [6.45, 7) is 3.50. The predicted molar refractivity (Wildman–Crippen MR) is 107 cm³/mol. The molecule has 0 aliphatic carbocycles. The summed E-state index contributed by atoms with van der Waals surface area (Å²) in [5.74, 6) is -0.253. The van der Waals surface area contributed by atoms with E-state index < -0.39 is 0 Å². The number of hydrogen-bond donors (Lipinski definition) is 1. The molecule has 0 radical (unpaired) electrons. The topological polar surface area (TPSA) is 67.2 Å². The van der Waals surface area contributed by atoms with Gasteiger partial charge >= 0.3 is 0 Å². The summed E-state index contributed by atoms with van der Waals surface area (Å²) >= 11 is 13.6. The molecule has 0 saturated carbocycles. The van der Waals surface area contributed by atoms with E-state index in [0.29, 0.717) is 34.6 Å². The molecule has 1 aliphatic rings. The number of piperazine rings is 1. The summed E-state index contributed by atoms with van der Waals surface area (Å²) in [5.41, 5.74) is 1.75. The van der Waals surface area contributed by atoms with E-state index in [9.17, 15) is 9.59 Å². The van der Waals surface area contributed by atoms with Crippen molar-refractivity contribution in [1.82, 2.24) is 20.0 Å². The Hall–Kier alpha value is -2.09. The van der Waals surface area contributed by atoms with Crippen LogP contribution in [0.25, 0.3) is 10.2 Å². The van der Waals surface area contributed by atoms with Crippen LogP contribution in [0.2, 0.25) is 10.0 Å². The van der Waals surface area contributed by atoms with E-state index in [0.717, 1.165) is 21.5 Å². The molecule has 1 N–H and O–H groups in total. The highest BCUT2D eigenvalue weighted by atomic mass is 35.5. The predicted octanol–water partition coefficient (Wildman–Crippen LogP) is 3.33. The van der Waals surface area contributed by atoms with Crippen LogP contribution in [0, 0.1) is 6.92 Å². The van der Waals surface area contributed by atoms with Crippen molar-refractivity contribution in [2.75, 3.05) is 19.6 Å². The number of aromatic nitrogens is 2. The highest BCUT2D eigenvalue weighted by Gasteiger charge is 2.25. The Balaban J connectivity index is 1.65. The van der Waals surface area contributed by atoms with Gasteiger partial charge in [-0.05, 0) is 30.7 Å². The first-order valence-corrected chi connectivity index (χ1v) is 9.96. The molecule has 6 nitrogen and oxygen atoms in total. The molecule has 1 saturated heterocycles. The monoisotopic (exact) mass is 422 g/mol. The smallest absolute Gasteiger partial charge is 0.264 e. The van der Waals surface area contributed by atoms with E-state index in [4.69, 9.17) is 23.2 Å². The van der Waals surface area contributed by atoms with Crippen molar-refractivity contribution in [2.24, 2.45) is 0 Å². The van der Waals surface area contributed by atoms with Gasteiger partial charge in [-0.3, -0.25) is 14.3 Å². The second kappa shape index (κ2) is 7.14. The number of aryl methyl sites for hydroxylation is 1. The summed E-state index contributed by atoms with van der Waals surface area (Å²) in [6, 6.07) is 7.23. The summed E-state index contributed by atoms with van der Waals surface area (Å²) in [7, 11) is 0. The zero-order chi connectivity index (χ0) is 19.1. The first kappa shape index (κ1) is 18.3. The first-order chi connectivity index (χ1) is 12.9. The fourth-order valence-corrected chi connectivity index (χ4v) is 4.70. The maximum absolute atomic E-state index is 12.8. The Morgan fingerprint density at radius 1 is 1.33 bits per heavy atom. The van der Waals surface area contributed by atoms with Gasteiger partial charge in [0.15, 0.2) is 0 Å². The lowest BCUT2D eigenvalue weighted by molar-refractivity contribution is -0.123. The van der Waals surface area contributed by atoms with E-state index in [1.165, 1.54) is 11.3 Å². The molecule has 0 atom stereocenters. The minimum absolute atomic E-state index is 0.0958. The number of benzene rings is 1. The molecule has 1 aliphatic heterocycles. The lowest BCUT2D eigenvalue weighted by Crippen LogP contribution is -2.49. The molecule has 1 aromatic carbocycles. The number of carbonyl (C=O) groups excluding carboxylic acids is 2. The van der Waals surface area contributed by atoms with E-state index in [2.05, 4.69) is 10.4 Å². The minimum atomic E-state index is -0.129. The van der Waals surface area contributed by atoms with Crippen LogP contribution >= 0.6 is 34.5 Å². The molecule has 4 rings (SSSR count). The standard InChI is InChI=1S/C18H16Cl2N4O2S/c1-10-13-7-15(17(26)23-5-4-21-16(25)9-23)27-18(13)24(22-10)8-11-2-3-12(19)6-14(11)20/h2-3,6-7H,4-5,8-9H2,1H3,(H,21,25). The molecule has 9 heteroatoms. The number of halogens is 2. The van der Waals surface area contributed by atoms with E-state index in [1.54, 1.807) is 17.0 Å². The molecule has 3 heterocycles. The fraction of sp³-hybridized carbons (Fsp3) is 0.278. The number of carbonyl (C=O) groups is 2. The van der Waals surface area contributed by atoms with E-state index in [-0.39, 0.29) is 18.4 Å². The van der Waals surface area contributed by atoms with Gasteiger partial charge < -0.3 is 10.2 Å². The van der Waals surface area contributed by atoms with Crippen LogP contribution in [0.1, 0.15) is 20.9 Å². The minimum Gasteiger partial charge on any atom is -0.353 e. The summed E-state index contributed by atoms with van der Waals surface area (Å²) in [6.07, 6.45) is 0. The molecule has 3 aromatic rings. The van der Waals surface area contributed by atoms with Crippen LogP contribution in [0.4, 0.5) is 0 Å². The summed E-state index contributed by atoms with van der Waals surface area (Å²) in [4.78, 5) is 27.4. The average molecular weight is 423 g/mol. The summed E-state index contributed by atoms with van der Waals surface area (Å²) in [5, 5.41) is 9.41. The molecular formula is C18H16Cl2N4O2S. The number of thiophene rings is 1. The van der Waals surface area contributed by atoms with Crippen LogP contribution in [0.3, 0.4) is 0 Å². The maximum Gasteiger partial charge on any atom is 0.264 e. The molecule has 0 unspecified atom stereocenters. The van der Waals surface area contributed by atoms with Gasteiger partial charge in [0.2, 0.25) is 5.91 Å². The van der Waals surface area contributed by atoms with Crippen molar-refractivity contribution >= 4 is 56.6 Å². The Kier molecular flexibility index (Phi) is 4.84. The van der Waals surface area contributed by atoms with Gasteiger partial charge in [-0.1, -0.05) is 29.3 Å². The Morgan fingerprint density at radius 3 is 2.89 bits per heavy atom. The van der Waals surface area contributed by atoms with Crippen LogP contribution in [-0.2, 0) is 11.3 Å². The van der Waals surface area contributed by atoms with Gasteiger partial charge in [0, 0.05) is 28.5 Å². The third kappa shape index (κ3) is 3.54.